The molecule has 1 saturated carbocycles. The Morgan fingerprint density at radius 3 is 2.46 bits per heavy atom. The highest BCUT2D eigenvalue weighted by molar-refractivity contribution is 6.44. The van der Waals surface area contributed by atoms with Crippen LogP contribution in [0.1, 0.15) is 51.4 Å². The fraction of sp³-hybridized carbons (Fsp3) is 0.348. The van der Waals surface area contributed by atoms with E-state index in [0.29, 0.717) is 49.7 Å². The molecule has 0 atom stereocenters. The molecule has 1 aliphatic carbocycles. The molecule has 2 aliphatic rings. The van der Waals surface area contributed by atoms with Crippen LogP contribution in [0.5, 0.6) is 0 Å². The Kier molecular flexibility index (Phi) is 6.09. The highest BCUT2D eigenvalue weighted by Gasteiger charge is 2.50. The number of nitrogens with two attached hydrogens (primary N) is 2. The molecule has 0 bridgehead atoms. The first-order valence-corrected chi connectivity index (χ1v) is 11.0. The summed E-state index contributed by atoms with van der Waals surface area (Å²) in [5.41, 5.74) is 5.60. The number of fused-ring (bicyclic) bond motifs is 1. The molecule has 1 aliphatic heterocycles. The van der Waals surface area contributed by atoms with Crippen molar-refractivity contribution < 1.29 is 27.6 Å². The minimum atomic E-state index is -1.71. The fourth-order valence-electron chi connectivity index (χ4n) is 4.69. The van der Waals surface area contributed by atoms with Gasteiger partial charge in [-0.05, 0) is 50.3 Å². The number of Topliss-reactive ketones (excluding diaryl/α,β-unsaturated/α-hetero) is 1. The zero-order valence-corrected chi connectivity index (χ0v) is 19.2. The molecule has 4 rings (SSSR count). The van der Waals surface area contributed by atoms with Crippen LogP contribution < -0.4 is 22.2 Å². The summed E-state index contributed by atoms with van der Waals surface area (Å²) in [6.45, 7) is 1.91. The summed E-state index contributed by atoms with van der Waals surface area (Å²) in [7, 11) is 1.57. The number of aromatic nitrogens is 1. The van der Waals surface area contributed by atoms with Crippen LogP contribution in [0, 0.1) is 24.4 Å². The molecule has 2 heterocycles. The van der Waals surface area contributed by atoms with E-state index < -0.39 is 46.3 Å². The maximum atomic E-state index is 14.1. The first-order chi connectivity index (χ1) is 16.5. The number of hydrogen-bond acceptors (Lipinski definition) is 6. The number of likely N-dealkylation sites (N-methyl/N-ethyl adjacent to an activating group) is 1. The minimum absolute atomic E-state index is 0.0446. The second-order valence-corrected chi connectivity index (χ2v) is 8.76. The van der Waals surface area contributed by atoms with Gasteiger partial charge in [0, 0.05) is 25.5 Å². The van der Waals surface area contributed by atoms with Crippen LogP contribution in [0.15, 0.2) is 24.0 Å². The molecule has 1 aromatic carbocycles. The van der Waals surface area contributed by atoms with Crippen molar-refractivity contribution in [2.45, 2.75) is 44.7 Å². The van der Waals surface area contributed by atoms with Crippen LogP contribution in [-0.2, 0) is 17.8 Å². The highest BCUT2D eigenvalue weighted by atomic mass is 19.2. The maximum Gasteiger partial charge on any atom is 0.293 e. The first kappa shape index (κ1) is 24.3. The van der Waals surface area contributed by atoms with Gasteiger partial charge in [0.25, 0.3) is 17.6 Å². The van der Waals surface area contributed by atoms with Crippen LogP contribution >= 0.6 is 0 Å². The van der Waals surface area contributed by atoms with Crippen LogP contribution in [0.4, 0.5) is 18.9 Å². The molecule has 2 aromatic rings. The fourth-order valence-corrected chi connectivity index (χ4v) is 4.69. The van der Waals surface area contributed by atoms with Crippen molar-refractivity contribution in [2.75, 3.05) is 12.4 Å². The average molecular weight is 490 g/mol. The number of anilines is 1. The van der Waals surface area contributed by atoms with Gasteiger partial charge in [0.2, 0.25) is 0 Å². The van der Waals surface area contributed by atoms with Gasteiger partial charge in [-0.2, -0.15) is 0 Å². The lowest BCUT2D eigenvalue weighted by molar-refractivity contribution is -0.117. The van der Waals surface area contributed by atoms with Gasteiger partial charge in [0.15, 0.2) is 17.5 Å². The maximum absolute atomic E-state index is 14.1. The second-order valence-electron chi connectivity index (χ2n) is 8.76. The summed E-state index contributed by atoms with van der Waals surface area (Å²) in [6, 6.07) is 1.60. The molecule has 0 radical (unpaired) electrons. The number of nitrogens with zero attached hydrogens (tertiary/aromatic N) is 2. The van der Waals surface area contributed by atoms with Crippen LogP contribution in [0.25, 0.3) is 0 Å². The molecule has 0 saturated heterocycles. The number of benzene rings is 1. The molecule has 186 valence electrons. The van der Waals surface area contributed by atoms with Crippen LogP contribution in [0.3, 0.4) is 0 Å². The number of rotatable bonds is 7. The number of hydrazine groups is 1. The molecule has 35 heavy (non-hydrogen) atoms. The van der Waals surface area contributed by atoms with Crippen molar-refractivity contribution in [1.82, 2.24) is 14.9 Å². The van der Waals surface area contributed by atoms with E-state index in [0.717, 1.165) is 6.07 Å². The zero-order chi connectivity index (χ0) is 25.7. The number of amides is 2. The second kappa shape index (κ2) is 8.77. The van der Waals surface area contributed by atoms with Gasteiger partial charge in [-0.25, -0.2) is 19.0 Å². The molecular weight excluding hydrogens is 465 g/mol. The van der Waals surface area contributed by atoms with Crippen LogP contribution in [0.2, 0.25) is 0 Å². The summed E-state index contributed by atoms with van der Waals surface area (Å²) in [4.78, 5) is 39.2. The number of hydrogen-bond donors (Lipinski definition) is 4. The molecule has 2 amide bonds. The molecule has 9 nitrogen and oxygen atoms in total. The first-order valence-electron chi connectivity index (χ1n) is 11.0. The number of carbonyl (C=O) groups is 3. The number of carbonyl (C=O) groups excluding carboxylic acids is 3. The molecule has 0 unspecified atom stereocenters. The highest BCUT2D eigenvalue weighted by Crippen LogP contribution is 2.42. The van der Waals surface area contributed by atoms with Gasteiger partial charge in [-0.15, -0.1) is 0 Å². The van der Waals surface area contributed by atoms with E-state index >= 15 is 0 Å². The Labute approximate surface area is 198 Å². The lowest BCUT2D eigenvalue weighted by Crippen LogP contribution is -2.47. The number of halogens is 3. The molecule has 6 N–H and O–H groups in total. The van der Waals surface area contributed by atoms with E-state index in [9.17, 15) is 27.6 Å². The Hall–Kier alpha value is -3.80. The molecule has 0 spiro atoms. The minimum Gasteiger partial charge on any atom is -0.403 e. The van der Waals surface area contributed by atoms with Gasteiger partial charge in [0.1, 0.15) is 5.69 Å². The Balaban J connectivity index is 1.64. The van der Waals surface area contributed by atoms with Crippen molar-refractivity contribution in [3.63, 3.8) is 0 Å². The molecule has 12 heteroatoms. The van der Waals surface area contributed by atoms with Gasteiger partial charge in [-0.3, -0.25) is 14.4 Å². The third-order valence-corrected chi connectivity index (χ3v) is 6.47. The van der Waals surface area contributed by atoms with Gasteiger partial charge in [0.05, 0.1) is 22.5 Å². The third-order valence-electron chi connectivity index (χ3n) is 6.47. The van der Waals surface area contributed by atoms with Crippen molar-refractivity contribution >= 4 is 23.3 Å². The lowest BCUT2D eigenvalue weighted by Gasteiger charge is -2.25. The van der Waals surface area contributed by atoms with E-state index in [1.54, 1.807) is 11.6 Å². The van der Waals surface area contributed by atoms with E-state index in [-0.39, 0.29) is 16.8 Å². The Morgan fingerprint density at radius 1 is 1.17 bits per heavy atom. The van der Waals surface area contributed by atoms with Crippen molar-refractivity contribution in [2.24, 2.45) is 11.6 Å². The van der Waals surface area contributed by atoms with Crippen molar-refractivity contribution in [1.29, 1.82) is 0 Å². The quantitative estimate of drug-likeness (QED) is 0.154. The van der Waals surface area contributed by atoms with Crippen molar-refractivity contribution in [3.8, 4) is 0 Å². The van der Waals surface area contributed by atoms with E-state index in [1.807, 2.05) is 0 Å². The lowest BCUT2D eigenvalue weighted by atomic mass is 10.0. The van der Waals surface area contributed by atoms with Gasteiger partial charge in [-0.1, -0.05) is 0 Å². The predicted octanol–water partition coefficient (Wildman–Crippen LogP) is 1.85. The summed E-state index contributed by atoms with van der Waals surface area (Å²) in [5, 5.41) is 6.23. The standard InChI is InChI=1S/C23H25F3N6O3/c1-11-16(20(33)22(35)30-23(7-8-23)15(10-27)31(2)28)14-4-3-9-32(14)19(11)21(34)29-13-6-5-12(24)17(25)18(13)26/h5-6,10H,3-4,7-9,27-28H2,1-2H3,(H,29,34)(H,30,35). The van der Waals surface area contributed by atoms with Gasteiger partial charge >= 0.3 is 0 Å². The van der Waals surface area contributed by atoms with E-state index in [4.69, 9.17) is 11.6 Å². The normalized spacial score (nSPS) is 16.0. The summed E-state index contributed by atoms with van der Waals surface area (Å²) in [5.74, 6) is -1.36. The van der Waals surface area contributed by atoms with Crippen LogP contribution in [-0.4, -0.2) is 39.8 Å². The zero-order valence-electron chi connectivity index (χ0n) is 19.2. The predicted molar refractivity (Wildman–Crippen MR) is 120 cm³/mol. The molecule has 1 fully saturated rings. The topological polar surface area (TPSA) is 135 Å². The third kappa shape index (κ3) is 4.03. The smallest absolute Gasteiger partial charge is 0.293 e. The summed E-state index contributed by atoms with van der Waals surface area (Å²) >= 11 is 0. The number of nitrogens with one attached hydrogen (secondary N) is 2. The summed E-state index contributed by atoms with van der Waals surface area (Å²) in [6.07, 6.45) is 3.46. The van der Waals surface area contributed by atoms with E-state index in [1.165, 1.54) is 18.1 Å². The summed E-state index contributed by atoms with van der Waals surface area (Å²) < 4.78 is 42.5. The van der Waals surface area contributed by atoms with Crippen molar-refractivity contribution in [3.05, 3.63) is 64.0 Å². The molecule has 1 aromatic heterocycles. The Bertz CT molecular complexity index is 1280. The SMILES string of the molecule is Cc1c(C(=O)C(=O)NC2(C(=CN)N(C)N)CC2)c2n(c1C(=O)Nc1ccc(F)c(F)c1F)CCC2. The van der Waals surface area contributed by atoms with E-state index in [2.05, 4.69) is 10.6 Å². The number of ketones is 1. The average Bonchev–Trinajstić information content (AvgIpc) is 3.30. The van der Waals surface area contributed by atoms with Gasteiger partial charge < -0.3 is 25.9 Å². The monoisotopic (exact) mass is 490 g/mol. The largest absolute Gasteiger partial charge is 0.403 e. The molecular formula is C23H25F3N6O3. The Morgan fingerprint density at radius 2 is 1.86 bits per heavy atom.